The summed E-state index contributed by atoms with van der Waals surface area (Å²) in [6, 6.07) is 7.70. The van der Waals surface area contributed by atoms with Crippen LogP contribution in [0.25, 0.3) is 0 Å². The number of nitrogens with one attached hydrogen (secondary N) is 1. The molecule has 1 saturated heterocycles. The molecule has 2 amide bonds. The van der Waals surface area contributed by atoms with Crippen molar-refractivity contribution in [1.82, 2.24) is 10.2 Å². The van der Waals surface area contributed by atoms with E-state index in [1.54, 1.807) is 11.8 Å². The summed E-state index contributed by atoms with van der Waals surface area (Å²) in [7, 11) is 0. The maximum Gasteiger partial charge on any atom is 0.317 e. The number of nitrogens with zero attached hydrogens (tertiary/aromatic N) is 1. The molecule has 0 aliphatic carbocycles. The molecule has 0 saturated carbocycles. The average molecular weight is 334 g/mol. The number of benzene rings is 1. The Morgan fingerprint density at radius 3 is 2.71 bits per heavy atom. The van der Waals surface area contributed by atoms with Crippen LogP contribution in [0, 0.1) is 12.8 Å². The summed E-state index contributed by atoms with van der Waals surface area (Å²) in [5.74, 6) is 0.572. The molecule has 0 aromatic heterocycles. The van der Waals surface area contributed by atoms with Gasteiger partial charge in [-0.05, 0) is 44.4 Å². The smallest absolute Gasteiger partial charge is 0.317 e. The number of hydrogen-bond donors (Lipinski definition) is 1. The number of rotatable bonds is 6. The van der Waals surface area contributed by atoms with E-state index < -0.39 is 0 Å². The first-order valence-corrected chi connectivity index (χ1v) is 8.49. The van der Waals surface area contributed by atoms with Gasteiger partial charge in [0.05, 0.1) is 19.1 Å². The second-order valence-corrected chi connectivity index (χ2v) is 5.91. The van der Waals surface area contributed by atoms with Gasteiger partial charge >= 0.3 is 12.0 Å². The number of urea groups is 1. The summed E-state index contributed by atoms with van der Waals surface area (Å²) in [4.78, 5) is 25.5. The SMILES string of the molecule is CCOC(=O)C1CCN(C(=O)NCCOc2cccc(C)c2)CC1. The third-order valence-electron chi connectivity index (χ3n) is 4.04. The molecular weight excluding hydrogens is 308 g/mol. The lowest BCUT2D eigenvalue weighted by molar-refractivity contribution is -0.149. The quantitative estimate of drug-likeness (QED) is 0.640. The van der Waals surface area contributed by atoms with Crippen molar-refractivity contribution >= 4 is 12.0 Å². The van der Waals surface area contributed by atoms with Crippen molar-refractivity contribution in [1.29, 1.82) is 0 Å². The minimum atomic E-state index is -0.149. The number of esters is 1. The van der Waals surface area contributed by atoms with Gasteiger partial charge in [-0.15, -0.1) is 0 Å². The highest BCUT2D eigenvalue weighted by atomic mass is 16.5. The first-order valence-electron chi connectivity index (χ1n) is 8.49. The summed E-state index contributed by atoms with van der Waals surface area (Å²) in [5.41, 5.74) is 1.14. The van der Waals surface area contributed by atoms with Gasteiger partial charge in [0, 0.05) is 13.1 Å². The molecule has 2 rings (SSSR count). The highest BCUT2D eigenvalue weighted by molar-refractivity contribution is 5.76. The molecule has 0 bridgehead atoms. The molecule has 6 heteroatoms. The van der Waals surface area contributed by atoms with Crippen molar-refractivity contribution < 1.29 is 19.1 Å². The van der Waals surface area contributed by atoms with Crippen LogP contribution in [-0.2, 0) is 9.53 Å². The fourth-order valence-corrected chi connectivity index (χ4v) is 2.72. The molecule has 1 aliphatic rings. The molecule has 0 unspecified atom stereocenters. The topological polar surface area (TPSA) is 67.9 Å². The number of aryl methyl sites for hydroxylation is 1. The average Bonchev–Trinajstić information content (AvgIpc) is 2.59. The van der Waals surface area contributed by atoms with Gasteiger partial charge in [0.25, 0.3) is 0 Å². The molecule has 0 spiro atoms. The lowest BCUT2D eigenvalue weighted by Gasteiger charge is -2.30. The molecule has 0 radical (unpaired) electrons. The standard InChI is InChI=1S/C18H26N2O4/c1-3-23-17(21)15-7-10-20(11-8-15)18(22)19-9-12-24-16-6-4-5-14(2)13-16/h4-6,13,15H,3,7-12H2,1-2H3,(H,19,22). The van der Waals surface area contributed by atoms with Gasteiger partial charge in [-0.25, -0.2) is 4.79 Å². The number of carbonyl (C=O) groups excluding carboxylic acids is 2. The van der Waals surface area contributed by atoms with Crippen LogP contribution in [0.5, 0.6) is 5.75 Å². The van der Waals surface area contributed by atoms with E-state index in [0.29, 0.717) is 45.7 Å². The van der Waals surface area contributed by atoms with Crippen molar-refractivity contribution in [2.24, 2.45) is 5.92 Å². The maximum absolute atomic E-state index is 12.1. The zero-order valence-electron chi connectivity index (χ0n) is 14.4. The van der Waals surface area contributed by atoms with E-state index in [-0.39, 0.29) is 17.9 Å². The fourth-order valence-electron chi connectivity index (χ4n) is 2.72. The lowest BCUT2D eigenvalue weighted by Crippen LogP contribution is -2.46. The first kappa shape index (κ1) is 18.1. The van der Waals surface area contributed by atoms with Gasteiger partial charge in [0.2, 0.25) is 0 Å². The molecule has 132 valence electrons. The highest BCUT2D eigenvalue weighted by Crippen LogP contribution is 2.18. The Morgan fingerprint density at radius 2 is 2.04 bits per heavy atom. The monoisotopic (exact) mass is 334 g/mol. The van der Waals surface area contributed by atoms with Crippen LogP contribution < -0.4 is 10.1 Å². The third-order valence-corrected chi connectivity index (χ3v) is 4.04. The van der Waals surface area contributed by atoms with Crippen molar-refractivity contribution in [2.75, 3.05) is 32.8 Å². The van der Waals surface area contributed by atoms with Crippen LogP contribution in [-0.4, -0.2) is 49.7 Å². The van der Waals surface area contributed by atoms with Crippen molar-refractivity contribution in [3.05, 3.63) is 29.8 Å². The van der Waals surface area contributed by atoms with Gasteiger partial charge in [-0.2, -0.15) is 0 Å². The number of hydrogen-bond acceptors (Lipinski definition) is 4. The summed E-state index contributed by atoms with van der Waals surface area (Å²) in [6.45, 7) is 6.25. The van der Waals surface area contributed by atoms with Crippen LogP contribution in [0.2, 0.25) is 0 Å². The van der Waals surface area contributed by atoms with E-state index in [0.717, 1.165) is 11.3 Å². The Hall–Kier alpha value is -2.24. The summed E-state index contributed by atoms with van der Waals surface area (Å²) in [6.07, 6.45) is 1.32. The van der Waals surface area contributed by atoms with Crippen LogP contribution >= 0.6 is 0 Å². The van der Waals surface area contributed by atoms with E-state index in [4.69, 9.17) is 9.47 Å². The van der Waals surface area contributed by atoms with Gasteiger partial charge in [-0.1, -0.05) is 12.1 Å². The van der Waals surface area contributed by atoms with E-state index in [1.807, 2.05) is 31.2 Å². The predicted molar refractivity (Wildman–Crippen MR) is 91.0 cm³/mol. The molecular formula is C18H26N2O4. The molecule has 0 atom stereocenters. The number of likely N-dealkylation sites (tertiary alicyclic amines) is 1. The molecule has 6 nitrogen and oxygen atoms in total. The second-order valence-electron chi connectivity index (χ2n) is 5.91. The second kappa shape index (κ2) is 9.15. The molecule has 1 aromatic rings. The van der Waals surface area contributed by atoms with E-state index >= 15 is 0 Å². The summed E-state index contributed by atoms with van der Waals surface area (Å²) >= 11 is 0. The summed E-state index contributed by atoms with van der Waals surface area (Å²) in [5, 5.41) is 2.85. The van der Waals surface area contributed by atoms with Crippen molar-refractivity contribution in [2.45, 2.75) is 26.7 Å². The van der Waals surface area contributed by atoms with Gasteiger partial charge in [0.1, 0.15) is 12.4 Å². The highest BCUT2D eigenvalue weighted by Gasteiger charge is 2.27. The van der Waals surface area contributed by atoms with Gasteiger partial charge < -0.3 is 19.7 Å². The Labute approximate surface area is 143 Å². The zero-order chi connectivity index (χ0) is 17.4. The molecule has 1 aromatic carbocycles. The Kier molecular flexibility index (Phi) is 6.90. The third kappa shape index (κ3) is 5.44. The fraction of sp³-hybridized carbons (Fsp3) is 0.556. The molecule has 1 fully saturated rings. The minimum absolute atomic E-state index is 0.0846. The Morgan fingerprint density at radius 1 is 1.29 bits per heavy atom. The number of ether oxygens (including phenoxy) is 2. The van der Waals surface area contributed by atoms with E-state index in [2.05, 4.69) is 5.32 Å². The Bertz CT molecular complexity index is 554. The van der Waals surface area contributed by atoms with Gasteiger partial charge in [-0.3, -0.25) is 4.79 Å². The molecule has 1 N–H and O–H groups in total. The molecule has 24 heavy (non-hydrogen) atoms. The van der Waals surface area contributed by atoms with E-state index in [1.165, 1.54) is 0 Å². The van der Waals surface area contributed by atoms with Crippen LogP contribution in [0.1, 0.15) is 25.3 Å². The maximum atomic E-state index is 12.1. The van der Waals surface area contributed by atoms with Crippen LogP contribution in [0.15, 0.2) is 24.3 Å². The van der Waals surface area contributed by atoms with Crippen LogP contribution in [0.3, 0.4) is 0 Å². The molecule has 1 aliphatic heterocycles. The predicted octanol–water partition coefficient (Wildman–Crippen LogP) is 2.36. The summed E-state index contributed by atoms with van der Waals surface area (Å²) < 4.78 is 10.6. The lowest BCUT2D eigenvalue weighted by atomic mass is 9.97. The number of amides is 2. The normalized spacial score (nSPS) is 15.0. The largest absolute Gasteiger partial charge is 0.492 e. The van der Waals surface area contributed by atoms with Gasteiger partial charge in [0.15, 0.2) is 0 Å². The first-order chi connectivity index (χ1) is 11.6. The number of piperidine rings is 1. The molecule has 1 heterocycles. The zero-order valence-corrected chi connectivity index (χ0v) is 14.4. The van der Waals surface area contributed by atoms with Crippen molar-refractivity contribution in [3.63, 3.8) is 0 Å². The van der Waals surface area contributed by atoms with E-state index in [9.17, 15) is 9.59 Å². The van der Waals surface area contributed by atoms with Crippen LogP contribution in [0.4, 0.5) is 4.79 Å². The Balaban J connectivity index is 1.64. The number of carbonyl (C=O) groups is 2. The van der Waals surface area contributed by atoms with Crippen molar-refractivity contribution in [3.8, 4) is 5.75 Å². The minimum Gasteiger partial charge on any atom is -0.492 e.